The van der Waals surface area contributed by atoms with Crippen molar-refractivity contribution in [3.8, 4) is 0 Å². The molecule has 3 N–H and O–H groups in total. The number of aliphatic hydroxyl groups excluding tert-OH is 1. The highest BCUT2D eigenvalue weighted by atomic mass is 31.2. The summed E-state index contributed by atoms with van der Waals surface area (Å²) in [4.78, 5) is 23.1. The molecule has 0 bridgehead atoms. The van der Waals surface area contributed by atoms with Crippen LogP contribution in [0.2, 0.25) is 0 Å². The van der Waals surface area contributed by atoms with Crippen molar-refractivity contribution in [2.75, 3.05) is 40.9 Å². The Hall–Kier alpha value is -2.32. The number of amides is 1. The Kier molecular flexibility index (Phi) is 40.4. The number of rotatable bonds is 42. The predicted octanol–water partition coefficient (Wildman–Crippen LogP) is 13.7. The molecule has 0 aliphatic heterocycles. The lowest BCUT2D eigenvalue weighted by atomic mass is 10.0. The fourth-order valence-electron chi connectivity index (χ4n) is 6.36. The normalized spacial score (nSPS) is 15.0. The minimum Gasteiger partial charge on any atom is -0.387 e. The summed E-state index contributed by atoms with van der Waals surface area (Å²) in [5.74, 6) is -0.262. The molecule has 0 spiro atoms. The van der Waals surface area contributed by atoms with Crippen LogP contribution in [0.1, 0.15) is 181 Å². The van der Waals surface area contributed by atoms with Crippen molar-refractivity contribution in [1.29, 1.82) is 0 Å². The van der Waals surface area contributed by atoms with Gasteiger partial charge in [0.25, 0.3) is 0 Å². The highest BCUT2D eigenvalue weighted by Gasteiger charge is 2.27. The summed E-state index contributed by atoms with van der Waals surface area (Å²) in [6, 6.07) is -0.892. The average Bonchev–Trinajstić information content (AvgIpc) is 3.20. The molecule has 0 aliphatic rings. The van der Waals surface area contributed by atoms with E-state index >= 15 is 0 Å². The Morgan fingerprint density at radius 1 is 0.583 bits per heavy atom. The molecular formula is C51H92N2O6P+. The molecule has 346 valence electrons. The summed E-state index contributed by atoms with van der Waals surface area (Å²) in [6.07, 6.45) is 58.2. The summed E-state index contributed by atoms with van der Waals surface area (Å²) in [6.45, 7) is 4.63. The number of quaternary nitrogens is 1. The van der Waals surface area contributed by atoms with Gasteiger partial charge in [-0.3, -0.25) is 13.8 Å². The van der Waals surface area contributed by atoms with Crippen LogP contribution in [-0.4, -0.2) is 73.4 Å². The Morgan fingerprint density at radius 2 is 1.00 bits per heavy atom. The number of likely N-dealkylation sites (N-methyl/N-ethyl adjacent to an activating group) is 1. The third-order valence-electron chi connectivity index (χ3n) is 10.1. The lowest BCUT2D eigenvalue weighted by molar-refractivity contribution is -0.870. The molecule has 0 saturated heterocycles. The number of hydrogen-bond acceptors (Lipinski definition) is 5. The van der Waals surface area contributed by atoms with Gasteiger partial charge in [-0.25, -0.2) is 4.57 Å². The van der Waals surface area contributed by atoms with Gasteiger partial charge in [0.05, 0.1) is 39.9 Å². The lowest BCUT2D eigenvalue weighted by Gasteiger charge is -2.25. The first kappa shape index (κ1) is 57.7. The summed E-state index contributed by atoms with van der Waals surface area (Å²) in [7, 11) is 1.51. The van der Waals surface area contributed by atoms with E-state index < -0.39 is 20.0 Å². The largest absolute Gasteiger partial charge is 0.472 e. The maximum Gasteiger partial charge on any atom is 0.472 e. The second-order valence-corrected chi connectivity index (χ2v) is 18.6. The van der Waals surface area contributed by atoms with Gasteiger partial charge in [-0.1, -0.05) is 202 Å². The van der Waals surface area contributed by atoms with E-state index in [0.29, 0.717) is 17.4 Å². The number of carbonyl (C=O) groups excluding carboxylic acids is 1. The molecule has 0 aromatic carbocycles. The number of hydrogen-bond donors (Lipinski definition) is 3. The minimum absolute atomic E-state index is 0.0437. The molecule has 3 atom stereocenters. The van der Waals surface area contributed by atoms with E-state index in [-0.39, 0.29) is 25.5 Å². The maximum atomic E-state index is 12.9. The molecule has 0 saturated carbocycles. The second kappa shape index (κ2) is 42.0. The lowest BCUT2D eigenvalue weighted by Crippen LogP contribution is -2.45. The van der Waals surface area contributed by atoms with E-state index in [1.54, 1.807) is 6.08 Å². The van der Waals surface area contributed by atoms with Crippen LogP contribution in [0.5, 0.6) is 0 Å². The molecule has 0 aromatic heterocycles. The molecule has 0 fully saturated rings. The van der Waals surface area contributed by atoms with Crippen molar-refractivity contribution in [2.45, 2.75) is 193 Å². The molecule has 0 rings (SSSR count). The Bertz CT molecular complexity index is 1250. The van der Waals surface area contributed by atoms with Crippen LogP contribution in [0.15, 0.2) is 85.1 Å². The molecule has 0 radical (unpaired) electrons. The molecule has 0 heterocycles. The summed E-state index contributed by atoms with van der Waals surface area (Å²) in [5.41, 5.74) is 0. The fourth-order valence-corrected chi connectivity index (χ4v) is 7.09. The maximum absolute atomic E-state index is 12.9. The smallest absolute Gasteiger partial charge is 0.387 e. The van der Waals surface area contributed by atoms with E-state index in [2.05, 4.69) is 79.9 Å². The number of allylic oxidation sites excluding steroid dienone is 13. The number of phosphoric ester groups is 1. The van der Waals surface area contributed by atoms with E-state index in [9.17, 15) is 19.4 Å². The highest BCUT2D eigenvalue weighted by molar-refractivity contribution is 7.47. The summed E-state index contributed by atoms with van der Waals surface area (Å²) in [5, 5.41) is 13.8. The van der Waals surface area contributed by atoms with Gasteiger partial charge in [0.1, 0.15) is 13.2 Å². The van der Waals surface area contributed by atoms with Crippen LogP contribution in [0, 0.1) is 0 Å². The highest BCUT2D eigenvalue weighted by Crippen LogP contribution is 2.43. The van der Waals surface area contributed by atoms with Gasteiger partial charge in [-0.2, -0.15) is 0 Å². The van der Waals surface area contributed by atoms with Gasteiger partial charge in [0, 0.05) is 6.42 Å². The van der Waals surface area contributed by atoms with E-state index in [4.69, 9.17) is 9.05 Å². The Morgan fingerprint density at radius 3 is 1.43 bits per heavy atom. The van der Waals surface area contributed by atoms with E-state index in [1.165, 1.54) is 96.3 Å². The zero-order chi connectivity index (χ0) is 44.3. The molecule has 0 aromatic rings. The molecular weight excluding hydrogens is 768 g/mol. The molecule has 8 nitrogen and oxygen atoms in total. The van der Waals surface area contributed by atoms with Crippen molar-refractivity contribution in [3.05, 3.63) is 85.1 Å². The zero-order valence-electron chi connectivity index (χ0n) is 39.2. The Balaban J connectivity index is 4.52. The van der Waals surface area contributed by atoms with Gasteiger partial charge in [0.2, 0.25) is 5.91 Å². The van der Waals surface area contributed by atoms with Gasteiger partial charge < -0.3 is 19.8 Å². The average molecular weight is 860 g/mol. The van der Waals surface area contributed by atoms with Crippen molar-refractivity contribution in [2.24, 2.45) is 0 Å². The first-order valence-electron chi connectivity index (χ1n) is 24.0. The fraction of sp³-hybridized carbons (Fsp3) is 0.706. The number of unbranched alkanes of at least 4 members (excludes halogenated alkanes) is 17. The third-order valence-corrected chi connectivity index (χ3v) is 11.1. The predicted molar refractivity (Wildman–Crippen MR) is 258 cm³/mol. The summed E-state index contributed by atoms with van der Waals surface area (Å²) < 4.78 is 23.6. The molecule has 0 aliphatic carbocycles. The van der Waals surface area contributed by atoms with Gasteiger partial charge >= 0.3 is 7.82 Å². The van der Waals surface area contributed by atoms with Gasteiger partial charge in [0.15, 0.2) is 0 Å². The number of carbonyl (C=O) groups is 1. The summed E-state index contributed by atoms with van der Waals surface area (Å²) >= 11 is 0. The quantitative estimate of drug-likeness (QED) is 0.0244. The van der Waals surface area contributed by atoms with Crippen molar-refractivity contribution < 1.29 is 32.9 Å². The van der Waals surface area contributed by atoms with Crippen LogP contribution in [0.25, 0.3) is 0 Å². The van der Waals surface area contributed by atoms with Crippen molar-refractivity contribution >= 4 is 13.7 Å². The third kappa shape index (κ3) is 43.8. The first-order chi connectivity index (χ1) is 29.0. The number of nitrogens with zero attached hydrogens (tertiary/aromatic N) is 1. The van der Waals surface area contributed by atoms with Crippen LogP contribution >= 0.6 is 7.82 Å². The van der Waals surface area contributed by atoms with Gasteiger partial charge in [-0.15, -0.1) is 0 Å². The molecule has 60 heavy (non-hydrogen) atoms. The molecule has 9 heteroatoms. The SMILES string of the molecule is CC/C=C\C/C=C\C/C=C\C/C=C\C/C=C\C/C=C\CCC(=O)NC(COP(=O)(O)OCC[N+](C)(C)C)C(O)/C=C/CCCCCCCCCCCCCCCCCCC. The van der Waals surface area contributed by atoms with E-state index in [1.807, 2.05) is 39.4 Å². The van der Waals surface area contributed by atoms with Gasteiger partial charge in [-0.05, 0) is 57.8 Å². The number of aliphatic hydroxyl groups is 1. The number of phosphoric acid groups is 1. The van der Waals surface area contributed by atoms with E-state index in [0.717, 1.165) is 57.8 Å². The molecule has 3 unspecified atom stereocenters. The molecule has 1 amide bonds. The Labute approximate surface area is 369 Å². The minimum atomic E-state index is -4.37. The van der Waals surface area contributed by atoms with Crippen molar-refractivity contribution in [1.82, 2.24) is 5.32 Å². The number of nitrogens with one attached hydrogen (secondary N) is 1. The second-order valence-electron chi connectivity index (χ2n) is 17.1. The van der Waals surface area contributed by atoms with Crippen LogP contribution in [0.4, 0.5) is 0 Å². The monoisotopic (exact) mass is 860 g/mol. The van der Waals surface area contributed by atoms with Crippen LogP contribution < -0.4 is 5.32 Å². The van der Waals surface area contributed by atoms with Crippen LogP contribution in [0.3, 0.4) is 0 Å². The topological polar surface area (TPSA) is 105 Å². The van der Waals surface area contributed by atoms with Crippen molar-refractivity contribution in [3.63, 3.8) is 0 Å². The standard InChI is InChI=1S/C51H91N2O6P/c1-6-8-10-12-14-16-18-20-22-24-26-28-30-32-34-36-38-40-42-44-50(54)49(48-59-60(56,57)58-47-46-53(3,4)5)52-51(55)45-43-41-39-37-35-33-31-29-27-25-23-21-19-17-15-13-11-9-7-2/h9,11,15,17,21,23,27,29,33,35,39,41-42,44,49-50,54H,6-8,10,12-14,16,18-20,22,24-26,28,30-32,34,36-38,40,43,45-48H2,1-5H3,(H-,52,55,56,57)/p+1/b11-9-,17-15-,23-21-,29-27-,35-33-,41-39-,44-42+. The first-order valence-corrected chi connectivity index (χ1v) is 25.5. The zero-order valence-corrected chi connectivity index (χ0v) is 40.1. The van der Waals surface area contributed by atoms with Crippen LogP contribution in [-0.2, 0) is 18.4 Å².